The molecule has 0 fully saturated rings. The van der Waals surface area contributed by atoms with E-state index >= 15 is 0 Å². The normalized spacial score (nSPS) is 11.1. The Morgan fingerprint density at radius 1 is 1.06 bits per heavy atom. The number of carbonyl (C=O) groups excluding carboxylic acids is 1. The lowest BCUT2D eigenvalue weighted by Gasteiger charge is -1.98. The van der Waals surface area contributed by atoms with Gasteiger partial charge in [-0.05, 0) is 17.9 Å². The van der Waals surface area contributed by atoms with Gasteiger partial charge in [0, 0.05) is 10.8 Å². The van der Waals surface area contributed by atoms with Gasteiger partial charge < -0.3 is 4.98 Å². The number of aromatic nitrogens is 1. The number of carbonyl (C=O) groups is 1. The summed E-state index contributed by atoms with van der Waals surface area (Å²) in [6, 6.07) is 12.3. The summed E-state index contributed by atoms with van der Waals surface area (Å²) in [4.78, 5) is 14.1. The standard InChI is InChI=1S/C14H11NO/c1-9-11-7-6-10-4-2-3-5-12(10)14(11)15-13(9)8-16/h2-8,15H,1H3. The molecule has 3 aromatic rings. The summed E-state index contributed by atoms with van der Waals surface area (Å²) in [6.45, 7) is 1.97. The van der Waals surface area contributed by atoms with Gasteiger partial charge in [-0.2, -0.15) is 0 Å². The largest absolute Gasteiger partial charge is 0.352 e. The van der Waals surface area contributed by atoms with Gasteiger partial charge in [-0.15, -0.1) is 0 Å². The van der Waals surface area contributed by atoms with Crippen LogP contribution in [0.4, 0.5) is 0 Å². The van der Waals surface area contributed by atoms with E-state index in [0.29, 0.717) is 5.69 Å². The number of hydrogen-bond donors (Lipinski definition) is 1. The second kappa shape index (κ2) is 3.20. The van der Waals surface area contributed by atoms with Gasteiger partial charge in [0.1, 0.15) is 0 Å². The summed E-state index contributed by atoms with van der Waals surface area (Å²) >= 11 is 0. The summed E-state index contributed by atoms with van der Waals surface area (Å²) in [7, 11) is 0. The zero-order valence-corrected chi connectivity index (χ0v) is 8.95. The third-order valence-corrected chi connectivity index (χ3v) is 3.11. The number of aldehydes is 1. The fourth-order valence-corrected chi connectivity index (χ4v) is 2.21. The highest BCUT2D eigenvalue weighted by Gasteiger charge is 2.08. The third kappa shape index (κ3) is 1.10. The number of hydrogen-bond acceptors (Lipinski definition) is 1. The molecule has 2 aromatic carbocycles. The van der Waals surface area contributed by atoms with E-state index in [0.717, 1.165) is 28.1 Å². The summed E-state index contributed by atoms with van der Waals surface area (Å²) in [5.74, 6) is 0. The first kappa shape index (κ1) is 9.16. The highest BCUT2D eigenvalue weighted by molar-refractivity contribution is 6.08. The molecule has 0 unspecified atom stereocenters. The van der Waals surface area contributed by atoms with Crippen LogP contribution in [0.15, 0.2) is 36.4 Å². The Morgan fingerprint density at radius 2 is 1.88 bits per heavy atom. The average molecular weight is 209 g/mol. The van der Waals surface area contributed by atoms with Gasteiger partial charge in [-0.3, -0.25) is 4.79 Å². The van der Waals surface area contributed by atoms with Gasteiger partial charge in [-0.1, -0.05) is 36.4 Å². The van der Waals surface area contributed by atoms with Crippen molar-refractivity contribution in [3.8, 4) is 0 Å². The van der Waals surface area contributed by atoms with Gasteiger partial charge in [0.05, 0.1) is 11.2 Å². The summed E-state index contributed by atoms with van der Waals surface area (Å²) in [5.41, 5.74) is 2.75. The van der Waals surface area contributed by atoms with Crippen LogP contribution >= 0.6 is 0 Å². The van der Waals surface area contributed by atoms with Crippen LogP contribution in [0.5, 0.6) is 0 Å². The Labute approximate surface area is 92.9 Å². The maximum absolute atomic E-state index is 10.9. The van der Waals surface area contributed by atoms with Crippen molar-refractivity contribution in [1.82, 2.24) is 4.98 Å². The SMILES string of the molecule is Cc1c(C=O)[nH]c2c1ccc1ccccc12. The molecule has 1 aromatic heterocycles. The molecule has 16 heavy (non-hydrogen) atoms. The lowest BCUT2D eigenvalue weighted by atomic mass is 10.1. The second-order valence-electron chi connectivity index (χ2n) is 3.99. The Bertz CT molecular complexity index is 694. The summed E-state index contributed by atoms with van der Waals surface area (Å²) in [5, 5.41) is 3.48. The quantitative estimate of drug-likeness (QED) is 0.612. The number of fused-ring (bicyclic) bond motifs is 3. The average Bonchev–Trinajstić information content (AvgIpc) is 2.67. The van der Waals surface area contributed by atoms with E-state index in [9.17, 15) is 4.79 Å². The van der Waals surface area contributed by atoms with Crippen LogP contribution in [0.1, 0.15) is 16.1 Å². The Balaban J connectivity index is 2.56. The molecule has 2 heteroatoms. The van der Waals surface area contributed by atoms with E-state index in [1.54, 1.807) is 0 Å². The van der Waals surface area contributed by atoms with E-state index in [2.05, 4.69) is 29.2 Å². The van der Waals surface area contributed by atoms with Gasteiger partial charge in [-0.25, -0.2) is 0 Å². The van der Waals surface area contributed by atoms with Crippen molar-refractivity contribution in [1.29, 1.82) is 0 Å². The van der Waals surface area contributed by atoms with Crippen molar-refractivity contribution in [2.24, 2.45) is 0 Å². The Hall–Kier alpha value is -2.09. The zero-order valence-electron chi connectivity index (χ0n) is 8.95. The number of benzene rings is 2. The van der Waals surface area contributed by atoms with Crippen molar-refractivity contribution in [2.75, 3.05) is 0 Å². The minimum absolute atomic E-state index is 0.673. The highest BCUT2D eigenvalue weighted by atomic mass is 16.1. The molecule has 0 saturated heterocycles. The molecule has 0 aliphatic carbocycles. The monoisotopic (exact) mass is 209 g/mol. The molecule has 1 heterocycles. The maximum Gasteiger partial charge on any atom is 0.166 e. The molecule has 0 spiro atoms. The molecule has 1 N–H and O–H groups in total. The van der Waals surface area contributed by atoms with Gasteiger partial charge in [0.15, 0.2) is 6.29 Å². The second-order valence-corrected chi connectivity index (χ2v) is 3.99. The molecule has 0 aliphatic rings. The van der Waals surface area contributed by atoms with E-state index in [1.165, 1.54) is 5.39 Å². The first-order valence-electron chi connectivity index (χ1n) is 5.26. The topological polar surface area (TPSA) is 32.9 Å². The van der Waals surface area contributed by atoms with Crippen LogP contribution in [-0.2, 0) is 0 Å². The number of nitrogens with one attached hydrogen (secondary N) is 1. The van der Waals surface area contributed by atoms with Crippen LogP contribution in [0.3, 0.4) is 0 Å². The minimum Gasteiger partial charge on any atom is -0.352 e. The minimum atomic E-state index is 0.673. The molecule has 2 nitrogen and oxygen atoms in total. The molecule has 0 radical (unpaired) electrons. The van der Waals surface area contributed by atoms with Crippen molar-refractivity contribution < 1.29 is 4.79 Å². The number of H-pyrrole nitrogens is 1. The third-order valence-electron chi connectivity index (χ3n) is 3.11. The smallest absolute Gasteiger partial charge is 0.166 e. The fourth-order valence-electron chi connectivity index (χ4n) is 2.21. The van der Waals surface area contributed by atoms with Gasteiger partial charge in [0.25, 0.3) is 0 Å². The van der Waals surface area contributed by atoms with Crippen LogP contribution < -0.4 is 0 Å². The molecule has 0 bridgehead atoms. The van der Waals surface area contributed by atoms with Crippen molar-refractivity contribution >= 4 is 28.0 Å². The predicted molar refractivity (Wildman–Crippen MR) is 65.9 cm³/mol. The molecule has 0 saturated carbocycles. The van der Waals surface area contributed by atoms with Gasteiger partial charge in [0.2, 0.25) is 0 Å². The molecule has 0 atom stereocenters. The predicted octanol–water partition coefficient (Wildman–Crippen LogP) is 3.44. The van der Waals surface area contributed by atoms with Crippen LogP contribution in [0.2, 0.25) is 0 Å². The fraction of sp³-hybridized carbons (Fsp3) is 0.0714. The molecular formula is C14H11NO. The van der Waals surface area contributed by atoms with Crippen LogP contribution in [0.25, 0.3) is 21.7 Å². The molecule has 78 valence electrons. The number of rotatable bonds is 1. The first-order valence-corrected chi connectivity index (χ1v) is 5.26. The molecule has 0 aliphatic heterocycles. The van der Waals surface area contributed by atoms with Crippen molar-refractivity contribution in [3.63, 3.8) is 0 Å². The van der Waals surface area contributed by atoms with E-state index in [4.69, 9.17) is 0 Å². The van der Waals surface area contributed by atoms with E-state index < -0.39 is 0 Å². The molecule has 3 rings (SSSR count). The van der Waals surface area contributed by atoms with Crippen molar-refractivity contribution in [2.45, 2.75) is 6.92 Å². The Kier molecular flexibility index (Phi) is 1.83. The van der Waals surface area contributed by atoms with Crippen LogP contribution in [0, 0.1) is 6.92 Å². The zero-order chi connectivity index (χ0) is 11.1. The molecular weight excluding hydrogens is 198 g/mol. The number of aromatic amines is 1. The highest BCUT2D eigenvalue weighted by Crippen LogP contribution is 2.28. The first-order chi connectivity index (χ1) is 7.81. The lowest BCUT2D eigenvalue weighted by molar-refractivity contribution is 0.111. The summed E-state index contributed by atoms with van der Waals surface area (Å²) < 4.78 is 0. The van der Waals surface area contributed by atoms with Crippen molar-refractivity contribution in [3.05, 3.63) is 47.7 Å². The summed E-state index contributed by atoms with van der Waals surface area (Å²) in [6.07, 6.45) is 0.879. The van der Waals surface area contributed by atoms with Gasteiger partial charge >= 0.3 is 0 Å². The Morgan fingerprint density at radius 3 is 2.69 bits per heavy atom. The van der Waals surface area contributed by atoms with E-state index in [-0.39, 0.29) is 0 Å². The molecule has 0 amide bonds. The maximum atomic E-state index is 10.9. The number of aryl methyl sites for hydroxylation is 1. The lowest BCUT2D eigenvalue weighted by Crippen LogP contribution is -1.80. The van der Waals surface area contributed by atoms with Crippen LogP contribution in [-0.4, -0.2) is 11.3 Å². The van der Waals surface area contributed by atoms with E-state index in [1.807, 2.05) is 19.1 Å².